The Kier molecular flexibility index (Phi) is 6.33. The van der Waals surface area contributed by atoms with Crippen molar-refractivity contribution >= 4 is 50.5 Å². The van der Waals surface area contributed by atoms with Crippen LogP contribution in [0, 0.1) is 0 Å². The Balaban J connectivity index is 1.60. The molecule has 0 saturated heterocycles. The van der Waals surface area contributed by atoms with Crippen molar-refractivity contribution in [3.63, 3.8) is 0 Å². The van der Waals surface area contributed by atoms with Crippen LogP contribution >= 0.6 is 23.2 Å². The molecule has 0 aliphatic carbocycles. The predicted molar refractivity (Wildman–Crippen MR) is 127 cm³/mol. The number of sulfonamides is 1. The molecule has 32 heavy (non-hydrogen) atoms. The highest BCUT2D eigenvalue weighted by Crippen LogP contribution is 2.34. The number of carbonyl (C=O) groups is 1. The highest BCUT2D eigenvalue weighted by molar-refractivity contribution is 7.92. The van der Waals surface area contributed by atoms with Crippen LogP contribution in [0.4, 0.5) is 11.4 Å². The molecule has 4 rings (SSSR count). The normalized spacial score (nSPS) is 13.4. The maximum Gasteiger partial charge on any atom is 0.264 e. The van der Waals surface area contributed by atoms with Gasteiger partial charge in [-0.05, 0) is 79.1 Å². The Labute approximate surface area is 196 Å². The number of aryl methyl sites for hydroxylation is 1. The van der Waals surface area contributed by atoms with E-state index in [0.29, 0.717) is 52.1 Å². The first-order chi connectivity index (χ1) is 15.3. The molecule has 3 aromatic carbocycles. The maximum absolute atomic E-state index is 13.3. The van der Waals surface area contributed by atoms with Gasteiger partial charge >= 0.3 is 0 Å². The van der Waals surface area contributed by atoms with Crippen molar-refractivity contribution < 1.29 is 17.9 Å². The fourth-order valence-electron chi connectivity index (χ4n) is 3.65. The molecule has 1 aliphatic rings. The van der Waals surface area contributed by atoms with Crippen LogP contribution in [0.25, 0.3) is 0 Å². The largest absolute Gasteiger partial charge is 0.497 e. The van der Waals surface area contributed by atoms with Crippen LogP contribution in [-0.2, 0) is 16.4 Å². The van der Waals surface area contributed by atoms with Gasteiger partial charge < -0.3 is 10.1 Å². The summed E-state index contributed by atoms with van der Waals surface area (Å²) in [5.41, 5.74) is 2.35. The second-order valence-electron chi connectivity index (χ2n) is 7.31. The fourth-order valence-corrected chi connectivity index (χ4v) is 5.72. The molecule has 0 atom stereocenters. The lowest BCUT2D eigenvalue weighted by Crippen LogP contribution is -2.35. The van der Waals surface area contributed by atoms with Gasteiger partial charge in [0.05, 0.1) is 17.7 Å². The van der Waals surface area contributed by atoms with E-state index in [1.165, 1.54) is 35.7 Å². The molecule has 6 nitrogen and oxygen atoms in total. The van der Waals surface area contributed by atoms with Gasteiger partial charge in [-0.15, -0.1) is 0 Å². The Morgan fingerprint density at radius 2 is 1.69 bits per heavy atom. The number of nitrogens with one attached hydrogen (secondary N) is 1. The van der Waals surface area contributed by atoms with E-state index >= 15 is 0 Å². The van der Waals surface area contributed by atoms with Gasteiger partial charge in [0.15, 0.2) is 0 Å². The van der Waals surface area contributed by atoms with E-state index < -0.39 is 10.0 Å². The molecule has 0 saturated carbocycles. The van der Waals surface area contributed by atoms with E-state index in [9.17, 15) is 13.2 Å². The summed E-state index contributed by atoms with van der Waals surface area (Å²) in [5.74, 6) is 0.234. The summed E-state index contributed by atoms with van der Waals surface area (Å²) in [7, 11) is -2.20. The Bertz CT molecular complexity index is 1260. The van der Waals surface area contributed by atoms with E-state index in [1.54, 1.807) is 36.4 Å². The third kappa shape index (κ3) is 4.55. The first-order valence-electron chi connectivity index (χ1n) is 9.85. The average Bonchev–Trinajstić information content (AvgIpc) is 2.78. The number of methoxy groups -OCH3 is 1. The van der Waals surface area contributed by atoms with Crippen LogP contribution < -0.4 is 14.4 Å². The molecule has 166 valence electrons. The molecule has 1 N–H and O–H groups in total. The second-order valence-corrected chi connectivity index (χ2v) is 10.0. The SMILES string of the molecule is COc1ccc(S(=O)(=O)N2CCCc3cc(NC(=O)c4cc(Cl)cc(Cl)c4)ccc32)cc1. The number of halogens is 2. The first kappa shape index (κ1) is 22.5. The Morgan fingerprint density at radius 3 is 2.34 bits per heavy atom. The first-order valence-corrected chi connectivity index (χ1v) is 12.0. The number of hydrogen-bond acceptors (Lipinski definition) is 4. The number of benzene rings is 3. The summed E-state index contributed by atoms with van der Waals surface area (Å²) in [6, 6.07) is 16.1. The lowest BCUT2D eigenvalue weighted by molar-refractivity contribution is 0.102. The molecular weight excluding hydrogens is 471 g/mol. The average molecular weight is 491 g/mol. The summed E-state index contributed by atoms with van der Waals surface area (Å²) >= 11 is 12.0. The molecule has 1 aliphatic heterocycles. The zero-order valence-electron chi connectivity index (χ0n) is 17.1. The summed E-state index contributed by atoms with van der Waals surface area (Å²) in [6.45, 7) is 0.383. The summed E-state index contributed by atoms with van der Waals surface area (Å²) in [4.78, 5) is 12.8. The topological polar surface area (TPSA) is 75.7 Å². The maximum atomic E-state index is 13.3. The van der Waals surface area contributed by atoms with Crippen LogP contribution in [0.3, 0.4) is 0 Å². The van der Waals surface area contributed by atoms with Crippen molar-refractivity contribution in [2.24, 2.45) is 0 Å². The van der Waals surface area contributed by atoms with Gasteiger partial charge in [-0.2, -0.15) is 0 Å². The highest BCUT2D eigenvalue weighted by atomic mass is 35.5. The van der Waals surface area contributed by atoms with Crippen molar-refractivity contribution in [3.8, 4) is 5.75 Å². The number of amides is 1. The summed E-state index contributed by atoms with van der Waals surface area (Å²) < 4.78 is 33.0. The quantitative estimate of drug-likeness (QED) is 0.519. The predicted octanol–water partition coefficient (Wildman–Crippen LogP) is 5.40. The molecule has 0 radical (unpaired) electrons. The standard InChI is InChI=1S/C23H20Cl2N2O4S/c1-31-20-5-7-21(8-6-20)32(29,30)27-10-2-3-15-13-19(4-9-22(15)27)26-23(28)16-11-17(24)14-18(25)12-16/h4-9,11-14H,2-3,10H2,1H3,(H,26,28). The van der Waals surface area contributed by atoms with Crippen molar-refractivity contribution in [2.45, 2.75) is 17.7 Å². The van der Waals surface area contributed by atoms with Crippen molar-refractivity contribution in [2.75, 3.05) is 23.3 Å². The molecule has 0 aromatic heterocycles. The zero-order chi connectivity index (χ0) is 22.9. The summed E-state index contributed by atoms with van der Waals surface area (Å²) in [5, 5.41) is 3.56. The van der Waals surface area contributed by atoms with Gasteiger partial charge in [-0.3, -0.25) is 9.10 Å². The van der Waals surface area contributed by atoms with Crippen LogP contribution in [0.1, 0.15) is 22.3 Å². The lowest BCUT2D eigenvalue weighted by atomic mass is 10.0. The lowest BCUT2D eigenvalue weighted by Gasteiger charge is -2.31. The smallest absolute Gasteiger partial charge is 0.264 e. The van der Waals surface area contributed by atoms with Gasteiger partial charge in [0, 0.05) is 27.8 Å². The van der Waals surface area contributed by atoms with E-state index in [-0.39, 0.29) is 10.8 Å². The Hall–Kier alpha value is -2.74. The highest BCUT2D eigenvalue weighted by Gasteiger charge is 2.29. The fraction of sp³-hybridized carbons (Fsp3) is 0.174. The van der Waals surface area contributed by atoms with Crippen LogP contribution in [0.5, 0.6) is 5.75 Å². The number of ether oxygens (including phenoxy) is 1. The van der Waals surface area contributed by atoms with Crippen LogP contribution in [-0.4, -0.2) is 28.0 Å². The molecule has 0 unspecified atom stereocenters. The van der Waals surface area contributed by atoms with Gasteiger partial charge in [0.1, 0.15) is 5.75 Å². The number of carbonyl (C=O) groups excluding carboxylic acids is 1. The molecule has 1 amide bonds. The summed E-state index contributed by atoms with van der Waals surface area (Å²) in [6.07, 6.45) is 1.38. The molecule has 0 spiro atoms. The van der Waals surface area contributed by atoms with Gasteiger partial charge in [0.2, 0.25) is 0 Å². The van der Waals surface area contributed by atoms with E-state index in [2.05, 4.69) is 5.32 Å². The van der Waals surface area contributed by atoms with Gasteiger partial charge in [0.25, 0.3) is 15.9 Å². The molecule has 0 bridgehead atoms. The number of hydrogen-bond donors (Lipinski definition) is 1. The number of anilines is 2. The van der Waals surface area contributed by atoms with Crippen LogP contribution in [0.2, 0.25) is 10.0 Å². The number of fused-ring (bicyclic) bond motifs is 1. The minimum absolute atomic E-state index is 0.196. The van der Waals surface area contributed by atoms with Gasteiger partial charge in [-0.1, -0.05) is 23.2 Å². The minimum atomic E-state index is -3.73. The third-order valence-corrected chi connectivity index (χ3v) is 7.45. The van der Waals surface area contributed by atoms with Crippen molar-refractivity contribution in [3.05, 3.63) is 81.8 Å². The molecule has 3 aromatic rings. The zero-order valence-corrected chi connectivity index (χ0v) is 19.5. The van der Waals surface area contributed by atoms with E-state index in [0.717, 1.165) is 5.56 Å². The van der Waals surface area contributed by atoms with Crippen molar-refractivity contribution in [1.82, 2.24) is 0 Å². The molecule has 0 fully saturated rings. The number of rotatable bonds is 5. The van der Waals surface area contributed by atoms with E-state index in [4.69, 9.17) is 27.9 Å². The molecule has 9 heteroatoms. The van der Waals surface area contributed by atoms with Crippen LogP contribution in [0.15, 0.2) is 65.6 Å². The number of nitrogens with zero attached hydrogens (tertiary/aromatic N) is 1. The van der Waals surface area contributed by atoms with E-state index in [1.807, 2.05) is 0 Å². The second kappa shape index (κ2) is 9.02. The Morgan fingerprint density at radius 1 is 1.00 bits per heavy atom. The molecule has 1 heterocycles. The van der Waals surface area contributed by atoms with Gasteiger partial charge in [-0.25, -0.2) is 8.42 Å². The monoisotopic (exact) mass is 490 g/mol. The molecular formula is C23H20Cl2N2O4S. The minimum Gasteiger partial charge on any atom is -0.497 e. The van der Waals surface area contributed by atoms with Crippen molar-refractivity contribution in [1.29, 1.82) is 0 Å². The third-order valence-electron chi connectivity index (χ3n) is 5.19.